The number of allylic oxidation sites excluding steroid dienone is 1. The topological polar surface area (TPSA) is 0 Å². The summed E-state index contributed by atoms with van der Waals surface area (Å²) >= 11 is 5.98. The highest BCUT2D eigenvalue weighted by Gasteiger charge is 2.15. The summed E-state index contributed by atoms with van der Waals surface area (Å²) in [5.41, 5.74) is 0. The third-order valence-electron chi connectivity index (χ3n) is 2.54. The van der Waals surface area contributed by atoms with Gasteiger partial charge in [-0.15, -0.1) is 18.2 Å². The van der Waals surface area contributed by atoms with E-state index in [0.29, 0.717) is 0 Å². The molecule has 1 unspecified atom stereocenters. The van der Waals surface area contributed by atoms with Crippen molar-refractivity contribution in [2.75, 3.05) is 0 Å². The summed E-state index contributed by atoms with van der Waals surface area (Å²) in [7, 11) is 0. The average molecular weight is 173 g/mol. The molecule has 11 heavy (non-hydrogen) atoms. The fourth-order valence-electron chi connectivity index (χ4n) is 1.84. The molecule has 0 radical (unpaired) electrons. The van der Waals surface area contributed by atoms with Crippen LogP contribution in [0.4, 0.5) is 0 Å². The molecule has 0 aromatic heterocycles. The van der Waals surface area contributed by atoms with Crippen molar-refractivity contribution in [1.29, 1.82) is 0 Å². The van der Waals surface area contributed by atoms with Gasteiger partial charge in [-0.1, -0.05) is 38.2 Å². The van der Waals surface area contributed by atoms with Gasteiger partial charge < -0.3 is 0 Å². The summed E-state index contributed by atoms with van der Waals surface area (Å²) in [6.45, 7) is 3.69. The van der Waals surface area contributed by atoms with E-state index in [2.05, 4.69) is 6.58 Å². The molecule has 1 aliphatic rings. The van der Waals surface area contributed by atoms with Crippen molar-refractivity contribution in [2.45, 2.75) is 43.9 Å². The van der Waals surface area contributed by atoms with Gasteiger partial charge in [0.05, 0.1) is 5.38 Å². The van der Waals surface area contributed by atoms with Crippen LogP contribution < -0.4 is 0 Å². The van der Waals surface area contributed by atoms with E-state index in [1.807, 2.05) is 6.08 Å². The maximum atomic E-state index is 5.98. The van der Waals surface area contributed by atoms with Crippen LogP contribution in [0, 0.1) is 5.92 Å². The third kappa shape index (κ3) is 3.29. The molecular weight excluding hydrogens is 156 g/mol. The summed E-state index contributed by atoms with van der Waals surface area (Å²) in [6, 6.07) is 0. The largest absolute Gasteiger partial charge is 0.118 e. The lowest BCUT2D eigenvalue weighted by Gasteiger charge is -2.22. The Labute approximate surface area is 74.6 Å². The fraction of sp³-hybridized carbons (Fsp3) is 0.800. The summed E-state index contributed by atoms with van der Waals surface area (Å²) in [5.74, 6) is 0.879. The average Bonchev–Trinajstić information content (AvgIpc) is 2.06. The van der Waals surface area contributed by atoms with Crippen LogP contribution in [0.15, 0.2) is 12.7 Å². The van der Waals surface area contributed by atoms with E-state index in [1.165, 1.54) is 32.1 Å². The predicted octanol–water partition coefficient (Wildman–Crippen LogP) is 3.75. The zero-order valence-electron chi connectivity index (χ0n) is 7.06. The van der Waals surface area contributed by atoms with E-state index in [0.717, 1.165) is 12.3 Å². The van der Waals surface area contributed by atoms with E-state index in [9.17, 15) is 0 Å². The van der Waals surface area contributed by atoms with E-state index in [-0.39, 0.29) is 5.38 Å². The van der Waals surface area contributed by atoms with Gasteiger partial charge in [0.25, 0.3) is 0 Å². The van der Waals surface area contributed by atoms with Gasteiger partial charge in [0, 0.05) is 0 Å². The molecule has 0 nitrogen and oxygen atoms in total. The Morgan fingerprint density at radius 2 is 2.00 bits per heavy atom. The molecule has 0 N–H and O–H groups in total. The first kappa shape index (κ1) is 9.12. The first-order valence-electron chi connectivity index (χ1n) is 4.59. The second-order valence-corrected chi connectivity index (χ2v) is 4.05. The van der Waals surface area contributed by atoms with Gasteiger partial charge in [-0.3, -0.25) is 0 Å². The van der Waals surface area contributed by atoms with Gasteiger partial charge in [0.1, 0.15) is 0 Å². The SMILES string of the molecule is C=CC(Cl)CC1CCCCC1. The van der Waals surface area contributed by atoms with Crippen LogP contribution in [0.25, 0.3) is 0 Å². The predicted molar refractivity (Wildman–Crippen MR) is 51.0 cm³/mol. The van der Waals surface area contributed by atoms with Gasteiger partial charge in [0.2, 0.25) is 0 Å². The maximum absolute atomic E-state index is 5.98. The van der Waals surface area contributed by atoms with Gasteiger partial charge in [-0.05, 0) is 12.3 Å². The number of hydrogen-bond donors (Lipinski definition) is 0. The van der Waals surface area contributed by atoms with Crippen molar-refractivity contribution < 1.29 is 0 Å². The Morgan fingerprint density at radius 1 is 1.36 bits per heavy atom. The van der Waals surface area contributed by atoms with Crippen LogP contribution in [0.2, 0.25) is 0 Å². The zero-order valence-corrected chi connectivity index (χ0v) is 7.82. The first-order chi connectivity index (χ1) is 5.33. The summed E-state index contributed by atoms with van der Waals surface area (Å²) in [4.78, 5) is 0. The van der Waals surface area contributed by atoms with Crippen LogP contribution in [-0.2, 0) is 0 Å². The minimum Gasteiger partial charge on any atom is -0.118 e. The van der Waals surface area contributed by atoms with E-state index in [4.69, 9.17) is 11.6 Å². The molecule has 0 aromatic rings. The minimum absolute atomic E-state index is 0.207. The van der Waals surface area contributed by atoms with Crippen LogP contribution in [0.1, 0.15) is 38.5 Å². The highest BCUT2D eigenvalue weighted by molar-refractivity contribution is 6.21. The highest BCUT2D eigenvalue weighted by atomic mass is 35.5. The molecule has 64 valence electrons. The molecule has 0 bridgehead atoms. The van der Waals surface area contributed by atoms with Crippen LogP contribution >= 0.6 is 11.6 Å². The Morgan fingerprint density at radius 3 is 2.55 bits per heavy atom. The Hall–Kier alpha value is 0.0300. The van der Waals surface area contributed by atoms with Gasteiger partial charge in [0.15, 0.2) is 0 Å². The number of hydrogen-bond acceptors (Lipinski definition) is 0. The standard InChI is InChI=1S/C10H17Cl/c1-2-10(11)8-9-6-4-3-5-7-9/h2,9-10H,1,3-8H2. The maximum Gasteiger partial charge on any atom is 0.0516 e. The molecule has 1 atom stereocenters. The quantitative estimate of drug-likeness (QED) is 0.449. The van der Waals surface area contributed by atoms with Gasteiger partial charge >= 0.3 is 0 Å². The third-order valence-corrected chi connectivity index (χ3v) is 2.90. The molecule has 1 rings (SSSR count). The number of halogens is 1. The Bertz CT molecular complexity index is 114. The summed E-state index contributed by atoms with van der Waals surface area (Å²) < 4.78 is 0. The molecule has 1 heteroatoms. The molecule has 0 aromatic carbocycles. The van der Waals surface area contributed by atoms with Crippen molar-refractivity contribution in [3.05, 3.63) is 12.7 Å². The second kappa shape index (κ2) is 4.82. The number of rotatable bonds is 3. The molecular formula is C10H17Cl. The van der Waals surface area contributed by atoms with Crippen LogP contribution in [0.5, 0.6) is 0 Å². The molecule has 0 heterocycles. The number of alkyl halides is 1. The molecule has 0 saturated heterocycles. The van der Waals surface area contributed by atoms with E-state index in [1.54, 1.807) is 0 Å². The highest BCUT2D eigenvalue weighted by Crippen LogP contribution is 2.28. The van der Waals surface area contributed by atoms with Crippen LogP contribution in [0.3, 0.4) is 0 Å². The fourth-order valence-corrected chi connectivity index (χ4v) is 2.09. The van der Waals surface area contributed by atoms with Gasteiger partial charge in [-0.2, -0.15) is 0 Å². The normalized spacial score (nSPS) is 23.0. The lowest BCUT2D eigenvalue weighted by molar-refractivity contribution is 0.342. The molecule has 0 aliphatic heterocycles. The Balaban J connectivity index is 2.18. The minimum atomic E-state index is 0.207. The summed E-state index contributed by atoms with van der Waals surface area (Å²) in [6.07, 6.45) is 10.0. The molecule has 1 fully saturated rings. The molecule has 0 amide bonds. The molecule has 1 saturated carbocycles. The lowest BCUT2D eigenvalue weighted by atomic mass is 9.86. The second-order valence-electron chi connectivity index (χ2n) is 3.49. The van der Waals surface area contributed by atoms with Crippen molar-refractivity contribution in [3.63, 3.8) is 0 Å². The first-order valence-corrected chi connectivity index (χ1v) is 5.03. The molecule has 1 aliphatic carbocycles. The van der Waals surface area contributed by atoms with E-state index < -0.39 is 0 Å². The smallest absolute Gasteiger partial charge is 0.0516 e. The molecule has 0 spiro atoms. The van der Waals surface area contributed by atoms with Gasteiger partial charge in [-0.25, -0.2) is 0 Å². The van der Waals surface area contributed by atoms with E-state index >= 15 is 0 Å². The monoisotopic (exact) mass is 172 g/mol. The van der Waals surface area contributed by atoms with Crippen molar-refractivity contribution in [3.8, 4) is 0 Å². The van der Waals surface area contributed by atoms with Crippen molar-refractivity contribution in [2.24, 2.45) is 5.92 Å². The van der Waals surface area contributed by atoms with Crippen molar-refractivity contribution in [1.82, 2.24) is 0 Å². The zero-order chi connectivity index (χ0) is 8.10. The lowest BCUT2D eigenvalue weighted by Crippen LogP contribution is -2.10. The summed E-state index contributed by atoms with van der Waals surface area (Å²) in [5, 5.41) is 0.207. The van der Waals surface area contributed by atoms with Crippen LogP contribution in [-0.4, -0.2) is 5.38 Å². The van der Waals surface area contributed by atoms with Crippen molar-refractivity contribution >= 4 is 11.6 Å². The Kier molecular flexibility index (Phi) is 3.99.